The van der Waals surface area contributed by atoms with Gasteiger partial charge in [-0.25, -0.2) is 0 Å². The Kier molecular flexibility index (Phi) is 2.90. The molecule has 2 nitrogen and oxygen atoms in total. The minimum atomic E-state index is -0.0201. The Morgan fingerprint density at radius 1 is 1.26 bits per heavy atom. The lowest BCUT2D eigenvalue weighted by atomic mass is 9.53. The van der Waals surface area contributed by atoms with Crippen LogP contribution in [0, 0.1) is 5.92 Å². The third kappa shape index (κ3) is 1.88. The molecule has 2 aliphatic carbocycles. The summed E-state index contributed by atoms with van der Waals surface area (Å²) in [4.78, 5) is 0. The Morgan fingerprint density at radius 3 is 2.79 bits per heavy atom. The van der Waals surface area contributed by atoms with E-state index in [0.717, 1.165) is 18.6 Å². The standard InChI is InChI=1S/C17H25NO/c1-16-9-4-10-17(2,18)15(16)8-6-12-5-7-13(19-3)11-14(12)16/h5,7,11,15H,4,6,8-10,18H2,1-3H3/t15-,16-,17-/m1/s1. The molecule has 1 aromatic carbocycles. The molecule has 0 saturated heterocycles. The number of ether oxygens (including phenoxy) is 1. The summed E-state index contributed by atoms with van der Waals surface area (Å²) in [5, 5.41) is 0. The van der Waals surface area contributed by atoms with E-state index in [0.29, 0.717) is 5.92 Å². The van der Waals surface area contributed by atoms with E-state index < -0.39 is 0 Å². The van der Waals surface area contributed by atoms with Crippen LogP contribution in [0.2, 0.25) is 0 Å². The van der Waals surface area contributed by atoms with Crippen molar-refractivity contribution in [3.05, 3.63) is 29.3 Å². The van der Waals surface area contributed by atoms with Gasteiger partial charge >= 0.3 is 0 Å². The first-order valence-corrected chi connectivity index (χ1v) is 7.44. The SMILES string of the molecule is COc1ccc2c(c1)[C@@]1(C)CCC[C@@](C)(N)[C@@H]1CC2. The van der Waals surface area contributed by atoms with Crippen LogP contribution < -0.4 is 10.5 Å². The van der Waals surface area contributed by atoms with Crippen LogP contribution in [0.25, 0.3) is 0 Å². The highest BCUT2D eigenvalue weighted by Crippen LogP contribution is 2.53. The number of hydrogen-bond donors (Lipinski definition) is 1. The number of fused-ring (bicyclic) bond motifs is 3. The summed E-state index contributed by atoms with van der Waals surface area (Å²) < 4.78 is 5.43. The van der Waals surface area contributed by atoms with Crippen molar-refractivity contribution in [3.63, 3.8) is 0 Å². The Balaban J connectivity index is 2.11. The molecule has 3 atom stereocenters. The first kappa shape index (κ1) is 13.0. The van der Waals surface area contributed by atoms with Gasteiger partial charge in [0, 0.05) is 5.54 Å². The van der Waals surface area contributed by atoms with E-state index in [1.165, 1.54) is 30.4 Å². The highest BCUT2D eigenvalue weighted by molar-refractivity contribution is 5.44. The van der Waals surface area contributed by atoms with Gasteiger partial charge in [-0.3, -0.25) is 0 Å². The van der Waals surface area contributed by atoms with E-state index in [9.17, 15) is 0 Å². The minimum Gasteiger partial charge on any atom is -0.497 e. The number of hydrogen-bond acceptors (Lipinski definition) is 2. The fraction of sp³-hybridized carbons (Fsp3) is 0.647. The quantitative estimate of drug-likeness (QED) is 0.838. The topological polar surface area (TPSA) is 35.2 Å². The molecule has 1 saturated carbocycles. The van der Waals surface area contributed by atoms with Crippen LogP contribution in [0.15, 0.2) is 18.2 Å². The molecule has 0 radical (unpaired) electrons. The first-order valence-electron chi connectivity index (χ1n) is 7.44. The number of nitrogens with two attached hydrogens (primary N) is 1. The van der Waals surface area contributed by atoms with Gasteiger partial charge < -0.3 is 10.5 Å². The average Bonchev–Trinajstić information content (AvgIpc) is 2.37. The molecule has 0 bridgehead atoms. The molecular formula is C17H25NO. The largest absolute Gasteiger partial charge is 0.497 e. The lowest BCUT2D eigenvalue weighted by Crippen LogP contribution is -2.57. The molecule has 0 heterocycles. The van der Waals surface area contributed by atoms with Crippen molar-refractivity contribution in [2.45, 2.75) is 56.9 Å². The molecule has 104 valence electrons. The number of benzene rings is 1. The van der Waals surface area contributed by atoms with Crippen molar-refractivity contribution in [1.29, 1.82) is 0 Å². The predicted molar refractivity (Wildman–Crippen MR) is 78.6 cm³/mol. The summed E-state index contributed by atoms with van der Waals surface area (Å²) in [5.74, 6) is 1.57. The molecule has 1 fully saturated rings. The van der Waals surface area contributed by atoms with Gasteiger partial charge in [0.05, 0.1) is 7.11 Å². The number of methoxy groups -OCH3 is 1. The molecule has 19 heavy (non-hydrogen) atoms. The lowest BCUT2D eigenvalue weighted by Gasteiger charge is -2.54. The van der Waals surface area contributed by atoms with Gasteiger partial charge in [0.2, 0.25) is 0 Å². The normalized spacial score (nSPS) is 37.4. The van der Waals surface area contributed by atoms with E-state index in [1.54, 1.807) is 7.11 Å². The molecule has 0 amide bonds. The highest BCUT2D eigenvalue weighted by atomic mass is 16.5. The van der Waals surface area contributed by atoms with Crippen LogP contribution in [-0.4, -0.2) is 12.6 Å². The van der Waals surface area contributed by atoms with Gasteiger partial charge in [0.15, 0.2) is 0 Å². The van der Waals surface area contributed by atoms with Crippen LogP contribution in [-0.2, 0) is 11.8 Å². The van der Waals surface area contributed by atoms with E-state index >= 15 is 0 Å². The number of aryl methyl sites for hydroxylation is 1. The van der Waals surface area contributed by atoms with Gasteiger partial charge in [-0.15, -0.1) is 0 Å². The first-order chi connectivity index (χ1) is 8.97. The zero-order valence-electron chi connectivity index (χ0n) is 12.3. The molecule has 3 rings (SSSR count). The van der Waals surface area contributed by atoms with E-state index in [2.05, 4.69) is 32.0 Å². The van der Waals surface area contributed by atoms with Crippen molar-refractivity contribution in [2.75, 3.05) is 7.11 Å². The monoisotopic (exact) mass is 259 g/mol. The van der Waals surface area contributed by atoms with Crippen molar-refractivity contribution in [2.24, 2.45) is 11.7 Å². The fourth-order valence-electron chi connectivity index (χ4n) is 4.62. The average molecular weight is 259 g/mol. The van der Waals surface area contributed by atoms with Crippen LogP contribution in [0.5, 0.6) is 5.75 Å². The van der Waals surface area contributed by atoms with Crippen LogP contribution >= 0.6 is 0 Å². The minimum absolute atomic E-state index is 0.0201. The molecular weight excluding hydrogens is 234 g/mol. The van der Waals surface area contributed by atoms with Crippen molar-refractivity contribution in [1.82, 2.24) is 0 Å². The van der Waals surface area contributed by atoms with Crippen LogP contribution in [0.3, 0.4) is 0 Å². The van der Waals surface area contributed by atoms with Crippen molar-refractivity contribution >= 4 is 0 Å². The Hall–Kier alpha value is -1.02. The maximum atomic E-state index is 6.61. The fourth-order valence-corrected chi connectivity index (χ4v) is 4.62. The molecule has 2 N–H and O–H groups in total. The molecule has 0 aromatic heterocycles. The molecule has 0 spiro atoms. The van der Waals surface area contributed by atoms with E-state index in [4.69, 9.17) is 10.5 Å². The van der Waals surface area contributed by atoms with Gasteiger partial charge in [0.25, 0.3) is 0 Å². The second kappa shape index (κ2) is 4.24. The molecule has 0 aliphatic heterocycles. The Labute approximate surface area is 116 Å². The third-order valence-electron chi connectivity index (χ3n) is 5.61. The summed E-state index contributed by atoms with van der Waals surface area (Å²) in [5.41, 5.74) is 9.80. The summed E-state index contributed by atoms with van der Waals surface area (Å²) in [6.45, 7) is 4.67. The molecule has 1 aromatic rings. The lowest BCUT2D eigenvalue weighted by molar-refractivity contribution is 0.0905. The molecule has 2 aliphatic rings. The van der Waals surface area contributed by atoms with E-state index in [-0.39, 0.29) is 11.0 Å². The number of rotatable bonds is 1. The molecule has 0 unspecified atom stereocenters. The van der Waals surface area contributed by atoms with Crippen molar-refractivity contribution in [3.8, 4) is 5.75 Å². The van der Waals surface area contributed by atoms with E-state index in [1.807, 2.05) is 0 Å². The maximum absolute atomic E-state index is 6.61. The predicted octanol–water partition coefficient (Wildman–Crippen LogP) is 3.42. The Morgan fingerprint density at radius 2 is 2.05 bits per heavy atom. The van der Waals surface area contributed by atoms with Gasteiger partial charge in [-0.05, 0) is 67.2 Å². The zero-order chi connectivity index (χ0) is 13.7. The summed E-state index contributed by atoms with van der Waals surface area (Å²) >= 11 is 0. The smallest absolute Gasteiger partial charge is 0.119 e. The molecule has 2 heteroatoms. The van der Waals surface area contributed by atoms with Gasteiger partial charge in [-0.1, -0.05) is 19.4 Å². The third-order valence-corrected chi connectivity index (χ3v) is 5.61. The Bertz CT molecular complexity index is 494. The second-order valence-corrected chi connectivity index (χ2v) is 6.89. The second-order valence-electron chi connectivity index (χ2n) is 6.89. The van der Waals surface area contributed by atoms with Gasteiger partial charge in [0.1, 0.15) is 5.75 Å². The summed E-state index contributed by atoms with van der Waals surface area (Å²) in [6, 6.07) is 6.59. The summed E-state index contributed by atoms with van der Waals surface area (Å²) in [7, 11) is 1.75. The maximum Gasteiger partial charge on any atom is 0.119 e. The zero-order valence-corrected chi connectivity index (χ0v) is 12.3. The summed E-state index contributed by atoms with van der Waals surface area (Å²) in [6.07, 6.45) is 6.03. The van der Waals surface area contributed by atoms with Gasteiger partial charge in [-0.2, -0.15) is 0 Å². The van der Waals surface area contributed by atoms with Crippen molar-refractivity contribution < 1.29 is 4.74 Å². The van der Waals surface area contributed by atoms with Crippen LogP contribution in [0.1, 0.15) is 50.7 Å². The highest BCUT2D eigenvalue weighted by Gasteiger charge is 2.50. The van der Waals surface area contributed by atoms with Crippen LogP contribution in [0.4, 0.5) is 0 Å².